The molecule has 1 aromatic heterocycles. The van der Waals surface area contributed by atoms with E-state index in [2.05, 4.69) is 28.4 Å². The molecule has 0 saturated carbocycles. The van der Waals surface area contributed by atoms with Crippen LogP contribution in [0.3, 0.4) is 0 Å². The van der Waals surface area contributed by atoms with Crippen molar-refractivity contribution in [2.45, 2.75) is 29.8 Å². The first kappa shape index (κ1) is 18.1. The van der Waals surface area contributed by atoms with Gasteiger partial charge in [0, 0.05) is 48.8 Å². The standard InChI is InChI=1S/C21H25N3O2S/c1-16(2)24-20-9-8-18(23-12-10-22-11-13-23)14-17(20)15-21(24)27(25,26)19-6-4-3-5-7-19/h3-9,14-16,22H,10-13H2,1-2H3. The molecule has 1 fully saturated rings. The second-order valence-corrected chi connectivity index (χ2v) is 9.14. The molecule has 2 heterocycles. The Morgan fingerprint density at radius 3 is 2.33 bits per heavy atom. The predicted molar refractivity (Wildman–Crippen MR) is 109 cm³/mol. The molecule has 0 amide bonds. The van der Waals surface area contributed by atoms with Crippen LogP contribution in [0.4, 0.5) is 5.69 Å². The van der Waals surface area contributed by atoms with E-state index in [1.54, 1.807) is 24.3 Å². The third-order valence-electron chi connectivity index (χ3n) is 5.11. The fraction of sp³-hybridized carbons (Fsp3) is 0.333. The lowest BCUT2D eigenvalue weighted by atomic mass is 10.2. The summed E-state index contributed by atoms with van der Waals surface area (Å²) in [6.45, 7) is 7.91. The largest absolute Gasteiger partial charge is 0.369 e. The summed E-state index contributed by atoms with van der Waals surface area (Å²) in [6.07, 6.45) is 0. The maximum absolute atomic E-state index is 13.3. The molecule has 0 atom stereocenters. The fourth-order valence-corrected chi connectivity index (χ4v) is 5.39. The molecular weight excluding hydrogens is 358 g/mol. The molecule has 142 valence electrons. The van der Waals surface area contributed by atoms with Crippen molar-refractivity contribution in [3.05, 3.63) is 54.6 Å². The summed E-state index contributed by atoms with van der Waals surface area (Å²) in [7, 11) is -3.57. The molecule has 0 aliphatic carbocycles. The van der Waals surface area contributed by atoms with E-state index in [0.717, 1.165) is 42.8 Å². The summed E-state index contributed by atoms with van der Waals surface area (Å²) in [4.78, 5) is 2.67. The Morgan fingerprint density at radius 2 is 1.67 bits per heavy atom. The van der Waals surface area contributed by atoms with Crippen LogP contribution in [0.15, 0.2) is 64.5 Å². The Hall–Kier alpha value is -2.31. The summed E-state index contributed by atoms with van der Waals surface area (Å²) in [6, 6.07) is 16.8. The zero-order chi connectivity index (χ0) is 19.0. The van der Waals surface area contributed by atoms with E-state index >= 15 is 0 Å². The zero-order valence-corrected chi connectivity index (χ0v) is 16.5. The highest BCUT2D eigenvalue weighted by atomic mass is 32.2. The number of hydrogen-bond acceptors (Lipinski definition) is 4. The van der Waals surface area contributed by atoms with Crippen molar-refractivity contribution in [2.75, 3.05) is 31.1 Å². The third-order valence-corrected chi connectivity index (χ3v) is 6.87. The van der Waals surface area contributed by atoms with Crippen molar-refractivity contribution >= 4 is 26.4 Å². The van der Waals surface area contributed by atoms with Gasteiger partial charge in [-0.05, 0) is 50.2 Å². The minimum absolute atomic E-state index is 0.0426. The van der Waals surface area contributed by atoms with Crippen LogP contribution in [0.2, 0.25) is 0 Å². The van der Waals surface area contributed by atoms with Crippen LogP contribution in [-0.4, -0.2) is 39.2 Å². The van der Waals surface area contributed by atoms with E-state index in [4.69, 9.17) is 0 Å². The summed E-state index contributed by atoms with van der Waals surface area (Å²) in [5, 5.41) is 4.69. The molecule has 1 aliphatic heterocycles. The average Bonchev–Trinajstić information content (AvgIpc) is 3.09. The zero-order valence-electron chi connectivity index (χ0n) is 15.7. The number of fused-ring (bicyclic) bond motifs is 1. The number of sulfone groups is 1. The van der Waals surface area contributed by atoms with E-state index < -0.39 is 9.84 Å². The molecule has 1 aliphatic rings. The molecule has 0 bridgehead atoms. The minimum Gasteiger partial charge on any atom is -0.369 e. The van der Waals surface area contributed by atoms with Gasteiger partial charge in [-0.25, -0.2) is 8.42 Å². The van der Waals surface area contributed by atoms with Crippen LogP contribution in [0.1, 0.15) is 19.9 Å². The lowest BCUT2D eigenvalue weighted by Gasteiger charge is -2.29. The van der Waals surface area contributed by atoms with Gasteiger partial charge >= 0.3 is 0 Å². The van der Waals surface area contributed by atoms with Gasteiger partial charge in [0.1, 0.15) is 5.03 Å². The average molecular weight is 384 g/mol. The molecule has 4 rings (SSSR count). The van der Waals surface area contributed by atoms with Gasteiger partial charge < -0.3 is 14.8 Å². The summed E-state index contributed by atoms with van der Waals surface area (Å²) in [5.74, 6) is 0. The maximum atomic E-state index is 13.3. The van der Waals surface area contributed by atoms with Gasteiger partial charge in [0.25, 0.3) is 0 Å². The van der Waals surface area contributed by atoms with Crippen LogP contribution in [0, 0.1) is 0 Å². The van der Waals surface area contributed by atoms with Crippen molar-refractivity contribution in [3.63, 3.8) is 0 Å². The Morgan fingerprint density at radius 1 is 0.963 bits per heavy atom. The topological polar surface area (TPSA) is 54.3 Å². The minimum atomic E-state index is -3.57. The molecule has 0 unspecified atom stereocenters. The molecule has 0 radical (unpaired) electrons. The number of piperazine rings is 1. The normalized spacial score (nSPS) is 15.6. The molecule has 6 heteroatoms. The smallest absolute Gasteiger partial charge is 0.222 e. The molecule has 5 nitrogen and oxygen atoms in total. The van der Waals surface area contributed by atoms with E-state index in [0.29, 0.717) is 9.92 Å². The van der Waals surface area contributed by atoms with Crippen LogP contribution in [0.5, 0.6) is 0 Å². The Balaban J connectivity index is 1.86. The van der Waals surface area contributed by atoms with Crippen molar-refractivity contribution < 1.29 is 8.42 Å². The SMILES string of the molecule is CC(C)n1c(S(=O)(=O)c2ccccc2)cc2cc(N3CCNCC3)ccc21. The van der Waals surface area contributed by atoms with Crippen molar-refractivity contribution in [1.82, 2.24) is 9.88 Å². The number of nitrogens with zero attached hydrogens (tertiary/aromatic N) is 2. The lowest BCUT2D eigenvalue weighted by molar-refractivity contribution is 0.545. The summed E-state index contributed by atoms with van der Waals surface area (Å²) >= 11 is 0. The quantitative estimate of drug-likeness (QED) is 0.750. The third kappa shape index (κ3) is 3.24. The van der Waals surface area contributed by atoms with Gasteiger partial charge in [-0.2, -0.15) is 0 Å². The highest BCUT2D eigenvalue weighted by Crippen LogP contribution is 2.33. The van der Waals surface area contributed by atoms with E-state index in [1.807, 2.05) is 30.5 Å². The number of benzene rings is 2. The van der Waals surface area contributed by atoms with E-state index in [9.17, 15) is 8.42 Å². The molecule has 1 N–H and O–H groups in total. The Kier molecular flexibility index (Phi) is 4.70. The number of aromatic nitrogens is 1. The van der Waals surface area contributed by atoms with Crippen molar-refractivity contribution in [1.29, 1.82) is 0 Å². The molecule has 2 aromatic carbocycles. The first-order valence-corrected chi connectivity index (χ1v) is 10.9. The summed E-state index contributed by atoms with van der Waals surface area (Å²) < 4.78 is 28.5. The second-order valence-electron chi connectivity index (χ2n) is 7.24. The Bertz CT molecular complexity index is 1050. The van der Waals surface area contributed by atoms with Gasteiger partial charge in [-0.15, -0.1) is 0 Å². The van der Waals surface area contributed by atoms with Gasteiger partial charge in [0.05, 0.1) is 4.90 Å². The maximum Gasteiger partial charge on any atom is 0.222 e. The van der Waals surface area contributed by atoms with Gasteiger partial charge in [0.2, 0.25) is 9.84 Å². The number of nitrogens with one attached hydrogen (secondary N) is 1. The van der Waals surface area contributed by atoms with E-state index in [-0.39, 0.29) is 6.04 Å². The monoisotopic (exact) mass is 383 g/mol. The Labute approximate surface area is 160 Å². The van der Waals surface area contributed by atoms with Crippen molar-refractivity contribution in [3.8, 4) is 0 Å². The van der Waals surface area contributed by atoms with Crippen molar-refractivity contribution in [2.24, 2.45) is 0 Å². The first-order valence-electron chi connectivity index (χ1n) is 9.39. The highest BCUT2D eigenvalue weighted by molar-refractivity contribution is 7.91. The van der Waals surface area contributed by atoms with Crippen LogP contribution in [0.25, 0.3) is 10.9 Å². The fourth-order valence-electron chi connectivity index (χ4n) is 3.78. The van der Waals surface area contributed by atoms with Gasteiger partial charge in [-0.1, -0.05) is 18.2 Å². The van der Waals surface area contributed by atoms with E-state index in [1.165, 1.54) is 0 Å². The first-order chi connectivity index (χ1) is 13.0. The number of rotatable bonds is 4. The molecule has 27 heavy (non-hydrogen) atoms. The van der Waals surface area contributed by atoms with Gasteiger partial charge in [-0.3, -0.25) is 0 Å². The number of anilines is 1. The molecule has 1 saturated heterocycles. The van der Waals surface area contributed by atoms with Gasteiger partial charge in [0.15, 0.2) is 0 Å². The van der Waals surface area contributed by atoms with Crippen LogP contribution in [-0.2, 0) is 9.84 Å². The lowest BCUT2D eigenvalue weighted by Crippen LogP contribution is -2.43. The highest BCUT2D eigenvalue weighted by Gasteiger charge is 2.25. The second kappa shape index (κ2) is 7.02. The van der Waals surface area contributed by atoms with Crippen LogP contribution < -0.4 is 10.2 Å². The molecule has 3 aromatic rings. The predicted octanol–water partition coefficient (Wildman–Crippen LogP) is 3.46. The van der Waals surface area contributed by atoms with Crippen LogP contribution >= 0.6 is 0 Å². The molecule has 0 spiro atoms. The number of hydrogen-bond donors (Lipinski definition) is 1. The molecular formula is C21H25N3O2S. The summed E-state index contributed by atoms with van der Waals surface area (Å²) in [5.41, 5.74) is 2.10.